The highest BCUT2D eigenvalue weighted by atomic mass is 15.2. The summed E-state index contributed by atoms with van der Waals surface area (Å²) in [6, 6.07) is 9.46. The van der Waals surface area contributed by atoms with Gasteiger partial charge in [0.25, 0.3) is 0 Å². The maximum Gasteiger partial charge on any atom is 0.0253 e. The molecule has 1 saturated heterocycles. The summed E-state index contributed by atoms with van der Waals surface area (Å²) in [5, 5.41) is 3.68. The van der Waals surface area contributed by atoms with Crippen molar-refractivity contribution < 1.29 is 0 Å². The first-order valence-electron chi connectivity index (χ1n) is 7.55. The van der Waals surface area contributed by atoms with Gasteiger partial charge in [0.15, 0.2) is 0 Å². The third kappa shape index (κ3) is 3.80. The van der Waals surface area contributed by atoms with Crippen LogP contribution in [0, 0.1) is 6.92 Å². The van der Waals surface area contributed by atoms with E-state index in [1.54, 1.807) is 0 Å². The van der Waals surface area contributed by atoms with Crippen molar-refractivity contribution >= 4 is 0 Å². The minimum absolute atomic E-state index is 0.229. The maximum atomic E-state index is 3.68. The molecule has 19 heavy (non-hydrogen) atoms. The van der Waals surface area contributed by atoms with Crippen LogP contribution in [0.2, 0.25) is 0 Å². The molecular formula is C17H28N2. The van der Waals surface area contributed by atoms with E-state index in [4.69, 9.17) is 0 Å². The van der Waals surface area contributed by atoms with Crippen molar-refractivity contribution in [3.63, 3.8) is 0 Å². The average Bonchev–Trinajstić information content (AvgIpc) is 2.35. The summed E-state index contributed by atoms with van der Waals surface area (Å²) in [4.78, 5) is 2.67. The molecule has 0 spiro atoms. The Labute approximate surface area is 118 Å². The number of hydrogen-bond acceptors (Lipinski definition) is 2. The number of hydrogen-bond donors (Lipinski definition) is 1. The molecule has 1 aromatic rings. The Hall–Kier alpha value is -0.860. The van der Waals surface area contributed by atoms with Crippen molar-refractivity contribution in [2.75, 3.05) is 13.1 Å². The lowest BCUT2D eigenvalue weighted by atomic mass is 9.95. The number of benzene rings is 1. The predicted octanol–water partition coefficient (Wildman–Crippen LogP) is 3.35. The van der Waals surface area contributed by atoms with E-state index in [1.165, 1.54) is 24.0 Å². The monoisotopic (exact) mass is 260 g/mol. The normalized spacial score (nSPS) is 23.5. The second kappa shape index (κ2) is 6.06. The Balaban J connectivity index is 2.11. The third-order valence-corrected chi connectivity index (χ3v) is 4.19. The molecule has 0 saturated carbocycles. The molecule has 0 radical (unpaired) electrons. The first-order chi connectivity index (χ1) is 9.02. The average molecular weight is 260 g/mol. The number of aryl methyl sites for hydroxylation is 1. The van der Waals surface area contributed by atoms with Crippen LogP contribution >= 0.6 is 0 Å². The molecule has 0 aromatic heterocycles. The van der Waals surface area contributed by atoms with E-state index in [0.29, 0.717) is 6.04 Å². The molecule has 0 bridgehead atoms. The molecule has 0 amide bonds. The molecule has 0 aliphatic carbocycles. The van der Waals surface area contributed by atoms with Gasteiger partial charge in [-0.3, -0.25) is 4.90 Å². The quantitative estimate of drug-likeness (QED) is 0.893. The number of nitrogens with zero attached hydrogens (tertiary/aromatic N) is 1. The first-order valence-corrected chi connectivity index (χ1v) is 7.55. The predicted molar refractivity (Wildman–Crippen MR) is 82.4 cm³/mol. The zero-order valence-corrected chi connectivity index (χ0v) is 12.9. The van der Waals surface area contributed by atoms with E-state index in [-0.39, 0.29) is 5.54 Å². The summed E-state index contributed by atoms with van der Waals surface area (Å²) in [6.45, 7) is 12.4. The van der Waals surface area contributed by atoms with Crippen molar-refractivity contribution in [1.82, 2.24) is 10.2 Å². The number of nitrogens with one attached hydrogen (secondary N) is 1. The lowest BCUT2D eigenvalue weighted by Crippen LogP contribution is -2.61. The summed E-state index contributed by atoms with van der Waals surface area (Å²) in [7, 11) is 0. The highest BCUT2D eigenvalue weighted by Crippen LogP contribution is 2.21. The topological polar surface area (TPSA) is 15.3 Å². The Morgan fingerprint density at radius 2 is 2.05 bits per heavy atom. The lowest BCUT2D eigenvalue weighted by molar-refractivity contribution is 0.0825. The van der Waals surface area contributed by atoms with Gasteiger partial charge in [-0.1, -0.05) is 37.6 Å². The fourth-order valence-corrected chi connectivity index (χ4v) is 3.03. The fraction of sp³-hybridized carbons (Fsp3) is 0.647. The summed E-state index contributed by atoms with van der Waals surface area (Å²) in [6.07, 6.45) is 2.55. The van der Waals surface area contributed by atoms with E-state index in [1.807, 2.05) is 0 Å². The standard InChI is InChI=1S/C17H28N2/c1-5-8-16-11-18-17(3,4)13-19(16)12-15-10-7-6-9-14(15)2/h6-7,9-10,16,18H,5,8,11-13H2,1-4H3. The van der Waals surface area contributed by atoms with Crippen LogP contribution < -0.4 is 5.32 Å². The van der Waals surface area contributed by atoms with Crippen LogP contribution in [0.15, 0.2) is 24.3 Å². The van der Waals surface area contributed by atoms with E-state index in [2.05, 4.69) is 62.2 Å². The Morgan fingerprint density at radius 3 is 2.74 bits per heavy atom. The molecule has 1 unspecified atom stereocenters. The van der Waals surface area contributed by atoms with Crippen LogP contribution in [0.4, 0.5) is 0 Å². The van der Waals surface area contributed by atoms with E-state index >= 15 is 0 Å². The van der Waals surface area contributed by atoms with Crippen LogP contribution in [-0.2, 0) is 6.54 Å². The second-order valence-corrected chi connectivity index (χ2v) is 6.54. The molecule has 1 atom stereocenters. The largest absolute Gasteiger partial charge is 0.309 e. The van der Waals surface area contributed by atoms with Gasteiger partial charge in [-0.05, 0) is 38.3 Å². The third-order valence-electron chi connectivity index (χ3n) is 4.19. The van der Waals surface area contributed by atoms with Gasteiger partial charge < -0.3 is 5.32 Å². The second-order valence-electron chi connectivity index (χ2n) is 6.54. The minimum Gasteiger partial charge on any atom is -0.309 e. The molecular weight excluding hydrogens is 232 g/mol. The van der Waals surface area contributed by atoms with Gasteiger partial charge in [0.1, 0.15) is 0 Å². The fourth-order valence-electron chi connectivity index (χ4n) is 3.03. The van der Waals surface area contributed by atoms with E-state index < -0.39 is 0 Å². The van der Waals surface area contributed by atoms with Crippen molar-refractivity contribution in [2.45, 2.75) is 58.7 Å². The molecule has 1 heterocycles. The first kappa shape index (κ1) is 14.5. The van der Waals surface area contributed by atoms with Gasteiger partial charge in [-0.2, -0.15) is 0 Å². The molecule has 2 nitrogen and oxygen atoms in total. The zero-order chi connectivity index (χ0) is 13.9. The molecule has 1 aromatic carbocycles. The zero-order valence-electron chi connectivity index (χ0n) is 12.9. The van der Waals surface area contributed by atoms with Crippen molar-refractivity contribution in [1.29, 1.82) is 0 Å². The van der Waals surface area contributed by atoms with Gasteiger partial charge in [-0.25, -0.2) is 0 Å². The highest BCUT2D eigenvalue weighted by molar-refractivity contribution is 5.25. The molecule has 2 rings (SSSR count). The van der Waals surface area contributed by atoms with Crippen LogP contribution in [-0.4, -0.2) is 29.6 Å². The van der Waals surface area contributed by atoms with Crippen LogP contribution in [0.1, 0.15) is 44.7 Å². The maximum absolute atomic E-state index is 3.68. The van der Waals surface area contributed by atoms with Crippen LogP contribution in [0.5, 0.6) is 0 Å². The number of piperazine rings is 1. The van der Waals surface area contributed by atoms with Crippen LogP contribution in [0.3, 0.4) is 0 Å². The molecule has 1 N–H and O–H groups in total. The van der Waals surface area contributed by atoms with E-state index in [0.717, 1.165) is 19.6 Å². The minimum atomic E-state index is 0.229. The Kier molecular flexibility index (Phi) is 4.64. The summed E-state index contributed by atoms with van der Waals surface area (Å²) in [5.74, 6) is 0. The van der Waals surface area contributed by atoms with Gasteiger partial charge in [0.2, 0.25) is 0 Å². The van der Waals surface area contributed by atoms with E-state index in [9.17, 15) is 0 Å². The van der Waals surface area contributed by atoms with Crippen molar-refractivity contribution in [3.8, 4) is 0 Å². The number of rotatable bonds is 4. The van der Waals surface area contributed by atoms with Crippen molar-refractivity contribution in [3.05, 3.63) is 35.4 Å². The summed E-state index contributed by atoms with van der Waals surface area (Å²) >= 11 is 0. The van der Waals surface area contributed by atoms with Gasteiger partial charge in [-0.15, -0.1) is 0 Å². The Bertz CT molecular complexity index is 411. The Morgan fingerprint density at radius 1 is 1.32 bits per heavy atom. The highest BCUT2D eigenvalue weighted by Gasteiger charge is 2.31. The van der Waals surface area contributed by atoms with Gasteiger partial charge in [0.05, 0.1) is 0 Å². The molecule has 1 aliphatic heterocycles. The van der Waals surface area contributed by atoms with Crippen molar-refractivity contribution in [2.24, 2.45) is 0 Å². The van der Waals surface area contributed by atoms with Gasteiger partial charge in [0, 0.05) is 31.2 Å². The molecule has 106 valence electrons. The van der Waals surface area contributed by atoms with Gasteiger partial charge >= 0.3 is 0 Å². The molecule has 1 fully saturated rings. The van der Waals surface area contributed by atoms with Crippen LogP contribution in [0.25, 0.3) is 0 Å². The molecule has 1 aliphatic rings. The molecule has 2 heteroatoms. The smallest absolute Gasteiger partial charge is 0.0253 e. The SMILES string of the molecule is CCCC1CNC(C)(C)CN1Cc1ccccc1C. The summed E-state index contributed by atoms with van der Waals surface area (Å²) < 4.78 is 0. The lowest BCUT2D eigenvalue weighted by Gasteiger charge is -2.45. The summed E-state index contributed by atoms with van der Waals surface area (Å²) in [5.41, 5.74) is 3.11.